The van der Waals surface area contributed by atoms with Crippen LogP contribution in [-0.4, -0.2) is 42.9 Å². The van der Waals surface area contributed by atoms with Crippen LogP contribution in [0.3, 0.4) is 0 Å². The van der Waals surface area contributed by atoms with E-state index in [9.17, 15) is 9.59 Å². The van der Waals surface area contributed by atoms with E-state index in [0.29, 0.717) is 43.8 Å². The van der Waals surface area contributed by atoms with Gasteiger partial charge in [-0.1, -0.05) is 54.6 Å². The van der Waals surface area contributed by atoms with E-state index in [-0.39, 0.29) is 17.9 Å². The summed E-state index contributed by atoms with van der Waals surface area (Å²) in [7, 11) is 0. The Labute approximate surface area is 207 Å². The number of hydrogen-bond donors (Lipinski definition) is 2. The maximum absolute atomic E-state index is 13.4. The fraction of sp³-hybridized carbons (Fsp3) is 0.310. The van der Waals surface area contributed by atoms with Crippen LogP contribution in [0.25, 0.3) is 0 Å². The molecule has 0 saturated carbocycles. The highest BCUT2D eigenvalue weighted by molar-refractivity contribution is 5.94. The molecular weight excluding hydrogens is 438 g/mol. The number of ether oxygens (including phenoxy) is 1. The molecule has 2 N–H and O–H groups in total. The van der Waals surface area contributed by atoms with Crippen LogP contribution >= 0.6 is 0 Å². The second-order valence-electron chi connectivity index (χ2n) is 8.77. The molecule has 182 valence electrons. The van der Waals surface area contributed by atoms with Gasteiger partial charge in [-0.3, -0.25) is 9.59 Å². The molecule has 6 heteroatoms. The summed E-state index contributed by atoms with van der Waals surface area (Å²) in [5, 5.41) is 6.55. The summed E-state index contributed by atoms with van der Waals surface area (Å²) >= 11 is 0. The van der Waals surface area contributed by atoms with Gasteiger partial charge in [0, 0.05) is 37.7 Å². The molecule has 1 aliphatic rings. The third kappa shape index (κ3) is 7.42. The number of benzene rings is 3. The van der Waals surface area contributed by atoms with E-state index in [4.69, 9.17) is 4.74 Å². The second-order valence-corrected chi connectivity index (χ2v) is 8.77. The topological polar surface area (TPSA) is 70.7 Å². The van der Waals surface area contributed by atoms with E-state index >= 15 is 0 Å². The summed E-state index contributed by atoms with van der Waals surface area (Å²) in [4.78, 5) is 27.8. The molecule has 3 aromatic rings. The van der Waals surface area contributed by atoms with Crippen LogP contribution in [-0.2, 0) is 4.79 Å². The number of amides is 2. The van der Waals surface area contributed by atoms with Crippen molar-refractivity contribution in [1.82, 2.24) is 15.5 Å². The highest BCUT2D eigenvalue weighted by Gasteiger charge is 2.19. The number of carbonyl (C=O) groups is 2. The maximum atomic E-state index is 13.4. The molecule has 1 unspecified atom stereocenters. The fourth-order valence-electron chi connectivity index (χ4n) is 4.27. The summed E-state index contributed by atoms with van der Waals surface area (Å²) in [6.07, 6.45) is 2.93. The molecule has 4 rings (SSSR count). The van der Waals surface area contributed by atoms with Gasteiger partial charge in [0.05, 0.1) is 0 Å². The molecule has 1 heterocycles. The molecule has 1 fully saturated rings. The monoisotopic (exact) mass is 471 g/mol. The van der Waals surface area contributed by atoms with Gasteiger partial charge in [0.1, 0.15) is 11.5 Å². The zero-order valence-corrected chi connectivity index (χ0v) is 20.0. The van der Waals surface area contributed by atoms with Crippen molar-refractivity contribution >= 4 is 11.8 Å². The number of rotatable bonds is 4. The lowest BCUT2D eigenvalue weighted by Gasteiger charge is -2.23. The van der Waals surface area contributed by atoms with E-state index < -0.39 is 0 Å². The Bertz CT molecular complexity index is 1090. The van der Waals surface area contributed by atoms with Gasteiger partial charge in [0.2, 0.25) is 5.91 Å². The van der Waals surface area contributed by atoms with Crippen LogP contribution in [0.4, 0.5) is 0 Å². The minimum atomic E-state index is -0.0140. The maximum Gasteiger partial charge on any atom is 0.253 e. The lowest BCUT2D eigenvalue weighted by atomic mass is 10.0. The highest BCUT2D eigenvalue weighted by atomic mass is 16.5. The predicted octanol–water partition coefficient (Wildman–Crippen LogP) is 4.94. The van der Waals surface area contributed by atoms with Gasteiger partial charge in [-0.25, -0.2) is 0 Å². The molecule has 1 atom stereocenters. The molecule has 0 radical (unpaired) electrons. The fourth-order valence-corrected chi connectivity index (χ4v) is 4.27. The van der Waals surface area contributed by atoms with Crippen LogP contribution in [0.2, 0.25) is 0 Å². The zero-order valence-electron chi connectivity index (χ0n) is 20.0. The third-order valence-electron chi connectivity index (χ3n) is 6.11. The predicted molar refractivity (Wildman–Crippen MR) is 138 cm³/mol. The Balaban J connectivity index is 1.39. The molecule has 2 amide bonds. The summed E-state index contributed by atoms with van der Waals surface area (Å²) < 4.78 is 5.91. The van der Waals surface area contributed by atoms with Gasteiger partial charge in [-0.15, -0.1) is 0 Å². The SMILES string of the molecule is O=C1CC(c2ccccc2)NCCCCN(C(=O)c2cccc(Oc3ccccc3)c2)CCCN1. The van der Waals surface area contributed by atoms with Crippen molar-refractivity contribution in [2.24, 2.45) is 0 Å². The molecule has 0 spiro atoms. The first-order chi connectivity index (χ1) is 17.2. The highest BCUT2D eigenvalue weighted by Crippen LogP contribution is 2.23. The quantitative estimate of drug-likeness (QED) is 0.565. The number of nitrogens with one attached hydrogen (secondary N) is 2. The number of carbonyl (C=O) groups excluding carboxylic acids is 2. The van der Waals surface area contributed by atoms with Crippen LogP contribution in [0, 0.1) is 0 Å². The Morgan fingerprint density at radius 2 is 1.51 bits per heavy atom. The minimum Gasteiger partial charge on any atom is -0.457 e. The van der Waals surface area contributed by atoms with Gasteiger partial charge >= 0.3 is 0 Å². The lowest BCUT2D eigenvalue weighted by molar-refractivity contribution is -0.121. The molecule has 1 saturated heterocycles. The molecule has 0 aliphatic carbocycles. The van der Waals surface area contributed by atoms with Crippen LogP contribution in [0.5, 0.6) is 11.5 Å². The second kappa shape index (κ2) is 12.7. The summed E-state index contributed by atoms with van der Waals surface area (Å²) in [6, 6.07) is 26.9. The molecule has 6 nitrogen and oxygen atoms in total. The van der Waals surface area contributed by atoms with Crippen LogP contribution in [0.1, 0.15) is 47.6 Å². The smallest absolute Gasteiger partial charge is 0.253 e. The van der Waals surface area contributed by atoms with Gasteiger partial charge in [-0.2, -0.15) is 0 Å². The van der Waals surface area contributed by atoms with E-state index in [1.54, 1.807) is 6.07 Å². The number of hydrogen-bond acceptors (Lipinski definition) is 4. The first-order valence-corrected chi connectivity index (χ1v) is 12.4. The summed E-state index contributed by atoms with van der Waals surface area (Å²) in [5.74, 6) is 1.38. The van der Waals surface area contributed by atoms with E-state index in [1.165, 1.54) is 0 Å². The first-order valence-electron chi connectivity index (χ1n) is 12.4. The summed E-state index contributed by atoms with van der Waals surface area (Å²) in [5.41, 5.74) is 1.72. The largest absolute Gasteiger partial charge is 0.457 e. The molecule has 0 bridgehead atoms. The normalized spacial score (nSPS) is 17.9. The Morgan fingerprint density at radius 1 is 0.800 bits per heavy atom. The van der Waals surface area contributed by atoms with Crippen molar-refractivity contribution in [3.63, 3.8) is 0 Å². The van der Waals surface area contributed by atoms with Crippen molar-refractivity contribution in [2.75, 3.05) is 26.2 Å². The molecule has 1 aliphatic heterocycles. The molecule has 3 aromatic carbocycles. The van der Waals surface area contributed by atoms with E-state index in [2.05, 4.69) is 22.8 Å². The van der Waals surface area contributed by atoms with Crippen molar-refractivity contribution in [3.05, 3.63) is 96.1 Å². The van der Waals surface area contributed by atoms with Crippen LogP contribution in [0.15, 0.2) is 84.9 Å². The minimum absolute atomic E-state index is 0.0120. The van der Waals surface area contributed by atoms with Crippen LogP contribution < -0.4 is 15.4 Å². The van der Waals surface area contributed by atoms with E-state index in [0.717, 1.165) is 30.7 Å². The number of nitrogens with zero attached hydrogens (tertiary/aromatic N) is 1. The van der Waals surface area contributed by atoms with Gasteiger partial charge < -0.3 is 20.3 Å². The number of para-hydroxylation sites is 1. The molecule has 35 heavy (non-hydrogen) atoms. The van der Waals surface area contributed by atoms with Crippen molar-refractivity contribution in [2.45, 2.75) is 31.7 Å². The summed E-state index contributed by atoms with van der Waals surface area (Å²) in [6.45, 7) is 2.60. The Kier molecular flexibility index (Phi) is 8.90. The third-order valence-corrected chi connectivity index (χ3v) is 6.11. The van der Waals surface area contributed by atoms with Crippen molar-refractivity contribution in [3.8, 4) is 11.5 Å². The van der Waals surface area contributed by atoms with Gasteiger partial charge in [0.25, 0.3) is 5.91 Å². The average molecular weight is 472 g/mol. The zero-order chi connectivity index (χ0) is 24.3. The Hall–Kier alpha value is -3.64. The molecular formula is C29H33N3O3. The Morgan fingerprint density at radius 3 is 2.31 bits per heavy atom. The lowest BCUT2D eigenvalue weighted by Crippen LogP contribution is -2.35. The van der Waals surface area contributed by atoms with Gasteiger partial charge in [-0.05, 0) is 61.7 Å². The standard InChI is InChI=1S/C29H33N3O3/c33-28-22-27(23-11-3-1-4-12-23)30-17-7-8-19-32(20-10-18-31-28)29(34)24-13-9-16-26(21-24)35-25-14-5-2-6-15-25/h1-6,9,11-16,21,27,30H,7-8,10,17-20,22H2,(H,31,33). The first kappa shape index (κ1) is 24.5. The van der Waals surface area contributed by atoms with Crippen molar-refractivity contribution < 1.29 is 14.3 Å². The van der Waals surface area contributed by atoms with Crippen molar-refractivity contribution in [1.29, 1.82) is 0 Å². The average Bonchev–Trinajstić information content (AvgIpc) is 2.91. The van der Waals surface area contributed by atoms with Gasteiger partial charge in [0.15, 0.2) is 0 Å². The molecule has 0 aromatic heterocycles. The van der Waals surface area contributed by atoms with E-state index in [1.807, 2.05) is 71.6 Å².